The molecule has 0 saturated carbocycles. The van der Waals surface area contributed by atoms with Crippen LogP contribution in [-0.4, -0.2) is 6.29 Å². The van der Waals surface area contributed by atoms with E-state index < -0.39 is 0 Å². The normalized spacial score (nSPS) is 9.83. The Kier molecular flexibility index (Phi) is 2.48. The summed E-state index contributed by atoms with van der Waals surface area (Å²) in [6.45, 7) is 3.95. The number of hydrogen-bond acceptors (Lipinski definition) is 2. The van der Waals surface area contributed by atoms with Crippen LogP contribution in [0.4, 0.5) is 5.69 Å². The zero-order chi connectivity index (χ0) is 9.14. The Morgan fingerprint density at radius 2 is 2.17 bits per heavy atom. The highest BCUT2D eigenvalue weighted by atomic mass is 16.1. The maximum absolute atomic E-state index is 10.5. The lowest BCUT2D eigenvalue weighted by molar-refractivity contribution is 0.112. The first-order valence-electron chi connectivity index (χ1n) is 4.03. The smallest absolute Gasteiger partial charge is 0.150 e. The molecule has 1 aromatic carbocycles. The molecule has 0 bridgehead atoms. The van der Waals surface area contributed by atoms with Crippen LogP contribution in [-0.2, 0) is 6.42 Å². The fourth-order valence-corrected chi connectivity index (χ4v) is 1.26. The van der Waals surface area contributed by atoms with E-state index in [0.29, 0.717) is 5.56 Å². The van der Waals surface area contributed by atoms with Crippen molar-refractivity contribution in [2.45, 2.75) is 20.3 Å². The van der Waals surface area contributed by atoms with Gasteiger partial charge < -0.3 is 5.73 Å². The summed E-state index contributed by atoms with van der Waals surface area (Å²) >= 11 is 0. The molecule has 0 spiro atoms. The first-order chi connectivity index (χ1) is 5.69. The number of anilines is 1. The lowest BCUT2D eigenvalue weighted by Gasteiger charge is -2.06. The van der Waals surface area contributed by atoms with Crippen LogP contribution >= 0.6 is 0 Å². The van der Waals surface area contributed by atoms with E-state index in [0.717, 1.165) is 29.5 Å². The van der Waals surface area contributed by atoms with E-state index in [2.05, 4.69) is 0 Å². The minimum absolute atomic E-state index is 0.707. The van der Waals surface area contributed by atoms with Gasteiger partial charge >= 0.3 is 0 Å². The van der Waals surface area contributed by atoms with E-state index in [4.69, 9.17) is 5.73 Å². The van der Waals surface area contributed by atoms with Gasteiger partial charge in [0.05, 0.1) is 0 Å². The van der Waals surface area contributed by atoms with Gasteiger partial charge in [0.15, 0.2) is 0 Å². The zero-order valence-corrected chi connectivity index (χ0v) is 7.42. The van der Waals surface area contributed by atoms with Crippen molar-refractivity contribution in [1.82, 2.24) is 0 Å². The number of carbonyl (C=O) groups is 1. The summed E-state index contributed by atoms with van der Waals surface area (Å²) in [5.41, 5.74) is 9.35. The van der Waals surface area contributed by atoms with E-state index >= 15 is 0 Å². The molecule has 0 aromatic heterocycles. The molecule has 0 aliphatic rings. The molecular weight excluding hydrogens is 150 g/mol. The van der Waals surface area contributed by atoms with Crippen LogP contribution in [0.3, 0.4) is 0 Å². The molecule has 0 unspecified atom stereocenters. The summed E-state index contributed by atoms with van der Waals surface area (Å²) in [7, 11) is 0. The first-order valence-corrected chi connectivity index (χ1v) is 4.03. The van der Waals surface area contributed by atoms with Crippen molar-refractivity contribution >= 4 is 12.0 Å². The molecular formula is C10H13NO. The molecule has 0 fully saturated rings. The van der Waals surface area contributed by atoms with Crippen molar-refractivity contribution in [1.29, 1.82) is 0 Å². The number of aldehydes is 1. The molecule has 2 heteroatoms. The van der Waals surface area contributed by atoms with Gasteiger partial charge in [-0.05, 0) is 36.6 Å². The third-order valence-electron chi connectivity index (χ3n) is 2.01. The van der Waals surface area contributed by atoms with E-state index in [1.165, 1.54) is 0 Å². The number of nitrogen functional groups attached to an aromatic ring is 1. The molecule has 0 radical (unpaired) electrons. The summed E-state index contributed by atoms with van der Waals surface area (Å²) in [6, 6.07) is 3.65. The Bertz CT molecular complexity index is 305. The number of rotatable bonds is 2. The van der Waals surface area contributed by atoms with Crippen LogP contribution in [0.5, 0.6) is 0 Å². The molecule has 0 aliphatic carbocycles. The van der Waals surface area contributed by atoms with Crippen LogP contribution in [0, 0.1) is 6.92 Å². The van der Waals surface area contributed by atoms with E-state index in [1.807, 2.05) is 26.0 Å². The highest BCUT2D eigenvalue weighted by Gasteiger charge is 2.02. The average molecular weight is 163 g/mol. The predicted octanol–water partition coefficient (Wildman–Crippen LogP) is 1.95. The highest BCUT2D eigenvalue weighted by Crippen LogP contribution is 2.18. The second-order valence-corrected chi connectivity index (χ2v) is 2.88. The van der Waals surface area contributed by atoms with Crippen LogP contribution in [0.1, 0.15) is 28.4 Å². The van der Waals surface area contributed by atoms with Crippen molar-refractivity contribution in [2.75, 3.05) is 5.73 Å². The van der Waals surface area contributed by atoms with Gasteiger partial charge in [-0.25, -0.2) is 0 Å². The van der Waals surface area contributed by atoms with Crippen molar-refractivity contribution < 1.29 is 4.79 Å². The Balaban J connectivity index is 3.28. The van der Waals surface area contributed by atoms with Crippen LogP contribution < -0.4 is 5.73 Å². The second-order valence-electron chi connectivity index (χ2n) is 2.88. The van der Waals surface area contributed by atoms with Crippen LogP contribution in [0.15, 0.2) is 12.1 Å². The number of nitrogens with two attached hydrogens (primary N) is 1. The zero-order valence-electron chi connectivity index (χ0n) is 7.42. The third kappa shape index (κ3) is 1.47. The molecule has 0 atom stereocenters. The summed E-state index contributed by atoms with van der Waals surface area (Å²) in [6.07, 6.45) is 1.72. The molecule has 0 amide bonds. The van der Waals surface area contributed by atoms with Crippen molar-refractivity contribution in [3.63, 3.8) is 0 Å². The number of carbonyl (C=O) groups excluding carboxylic acids is 1. The molecule has 0 aliphatic heterocycles. The predicted molar refractivity (Wildman–Crippen MR) is 50.4 cm³/mol. The van der Waals surface area contributed by atoms with Crippen LogP contribution in [0.25, 0.3) is 0 Å². The van der Waals surface area contributed by atoms with Crippen LogP contribution in [0.2, 0.25) is 0 Å². The molecule has 0 saturated heterocycles. The van der Waals surface area contributed by atoms with E-state index in [9.17, 15) is 4.79 Å². The lowest BCUT2D eigenvalue weighted by Crippen LogP contribution is -1.98. The lowest BCUT2D eigenvalue weighted by atomic mass is 10.0. The Hall–Kier alpha value is -1.31. The molecule has 1 rings (SSSR count). The van der Waals surface area contributed by atoms with Gasteiger partial charge in [-0.3, -0.25) is 4.79 Å². The summed E-state index contributed by atoms with van der Waals surface area (Å²) < 4.78 is 0. The quantitative estimate of drug-likeness (QED) is 0.535. The minimum atomic E-state index is 0.707. The number of aryl methyl sites for hydroxylation is 2. The molecule has 2 N–H and O–H groups in total. The number of benzene rings is 1. The summed E-state index contributed by atoms with van der Waals surface area (Å²) in [4.78, 5) is 10.5. The minimum Gasteiger partial charge on any atom is -0.398 e. The summed E-state index contributed by atoms with van der Waals surface area (Å²) in [5, 5.41) is 0. The number of hydrogen-bond donors (Lipinski definition) is 1. The van der Waals surface area contributed by atoms with Crippen molar-refractivity contribution in [3.8, 4) is 0 Å². The average Bonchev–Trinajstić information content (AvgIpc) is 2.09. The molecule has 64 valence electrons. The van der Waals surface area contributed by atoms with Gasteiger partial charge in [-0.2, -0.15) is 0 Å². The second kappa shape index (κ2) is 3.39. The Labute approximate surface area is 72.4 Å². The molecule has 2 nitrogen and oxygen atoms in total. The Morgan fingerprint density at radius 3 is 2.67 bits per heavy atom. The van der Waals surface area contributed by atoms with E-state index in [1.54, 1.807) is 0 Å². The fourth-order valence-electron chi connectivity index (χ4n) is 1.26. The van der Waals surface area contributed by atoms with Crippen molar-refractivity contribution in [3.05, 3.63) is 28.8 Å². The van der Waals surface area contributed by atoms with Gasteiger partial charge in [0.25, 0.3) is 0 Å². The molecule has 1 aromatic rings. The maximum atomic E-state index is 10.5. The highest BCUT2D eigenvalue weighted by molar-refractivity contribution is 5.77. The molecule has 12 heavy (non-hydrogen) atoms. The van der Waals surface area contributed by atoms with Gasteiger partial charge in [-0.15, -0.1) is 0 Å². The van der Waals surface area contributed by atoms with Gasteiger partial charge in [0.2, 0.25) is 0 Å². The van der Waals surface area contributed by atoms with Gasteiger partial charge in [-0.1, -0.05) is 6.92 Å². The van der Waals surface area contributed by atoms with Gasteiger partial charge in [0.1, 0.15) is 6.29 Å². The molecule has 0 heterocycles. The SMILES string of the molecule is CCc1cc(C=O)cc(C)c1N. The monoisotopic (exact) mass is 163 g/mol. The largest absolute Gasteiger partial charge is 0.398 e. The topological polar surface area (TPSA) is 43.1 Å². The fraction of sp³-hybridized carbons (Fsp3) is 0.300. The maximum Gasteiger partial charge on any atom is 0.150 e. The standard InChI is InChI=1S/C10H13NO/c1-3-9-5-8(6-12)4-7(2)10(9)11/h4-6H,3,11H2,1-2H3. The summed E-state index contributed by atoms with van der Waals surface area (Å²) in [5.74, 6) is 0. The van der Waals surface area contributed by atoms with E-state index in [-0.39, 0.29) is 0 Å². The first kappa shape index (κ1) is 8.78. The third-order valence-corrected chi connectivity index (χ3v) is 2.01. The Morgan fingerprint density at radius 1 is 1.50 bits per heavy atom. The van der Waals surface area contributed by atoms with Crippen molar-refractivity contribution in [2.24, 2.45) is 0 Å². The van der Waals surface area contributed by atoms with Gasteiger partial charge in [0, 0.05) is 11.3 Å².